The van der Waals surface area contributed by atoms with E-state index in [4.69, 9.17) is 21.7 Å². The Kier molecular flexibility index (Phi) is 5.17. The molecule has 3 rings (SSSR count). The van der Waals surface area contributed by atoms with Crippen LogP contribution < -0.4 is 4.74 Å². The lowest BCUT2D eigenvalue weighted by Crippen LogP contribution is -2.40. The van der Waals surface area contributed by atoms with Gasteiger partial charge in [-0.05, 0) is 24.3 Å². The third kappa shape index (κ3) is 3.60. The Bertz CT molecular complexity index is 759. The van der Waals surface area contributed by atoms with Gasteiger partial charge in [-0.1, -0.05) is 36.5 Å². The summed E-state index contributed by atoms with van der Waals surface area (Å²) in [5.74, 6) is -1.04. The van der Waals surface area contributed by atoms with Crippen LogP contribution in [0, 0.1) is 5.82 Å². The van der Waals surface area contributed by atoms with Gasteiger partial charge in [0.05, 0.1) is 24.3 Å². The van der Waals surface area contributed by atoms with E-state index in [1.165, 1.54) is 18.2 Å². The van der Waals surface area contributed by atoms with Crippen LogP contribution in [0.1, 0.15) is 15.9 Å². The van der Waals surface area contributed by atoms with E-state index < -0.39 is 11.8 Å². The molecule has 0 N–H and O–H groups in total. The van der Waals surface area contributed by atoms with Crippen LogP contribution in [0.2, 0.25) is 0 Å². The molecule has 0 aliphatic carbocycles. The minimum atomic E-state index is -0.745. The van der Waals surface area contributed by atoms with Gasteiger partial charge < -0.3 is 14.4 Å². The average Bonchev–Trinajstić information content (AvgIpc) is 2.62. The maximum absolute atomic E-state index is 13.7. The molecular weight excluding hydrogens is 329 g/mol. The van der Waals surface area contributed by atoms with Crippen molar-refractivity contribution in [2.75, 3.05) is 26.3 Å². The molecule has 0 saturated carbocycles. The van der Waals surface area contributed by atoms with E-state index in [0.29, 0.717) is 42.6 Å². The van der Waals surface area contributed by atoms with Crippen molar-refractivity contribution in [2.24, 2.45) is 0 Å². The molecule has 0 atom stereocenters. The molecule has 1 fully saturated rings. The highest BCUT2D eigenvalue weighted by molar-refractivity contribution is 7.80. The molecule has 2 aromatic carbocycles. The van der Waals surface area contributed by atoms with Crippen molar-refractivity contribution in [2.45, 2.75) is 0 Å². The van der Waals surface area contributed by atoms with Gasteiger partial charge in [0.25, 0.3) is 0 Å². The van der Waals surface area contributed by atoms with Crippen molar-refractivity contribution in [1.82, 2.24) is 4.90 Å². The predicted octanol–water partition coefficient (Wildman–Crippen LogP) is 3.05. The lowest BCUT2D eigenvalue weighted by atomic mass is 10.1. The van der Waals surface area contributed by atoms with Crippen LogP contribution >= 0.6 is 12.2 Å². The summed E-state index contributed by atoms with van der Waals surface area (Å²) in [6.07, 6.45) is 0. The maximum atomic E-state index is 13.7. The predicted molar refractivity (Wildman–Crippen MR) is 91.9 cm³/mol. The molecule has 0 unspecified atom stereocenters. The van der Waals surface area contributed by atoms with Gasteiger partial charge in [0, 0.05) is 13.1 Å². The molecule has 0 aromatic heterocycles. The van der Waals surface area contributed by atoms with Crippen molar-refractivity contribution >= 4 is 23.2 Å². The third-order valence-electron chi connectivity index (χ3n) is 3.71. The SMILES string of the molecule is O=C(Oc1ccccc1C(=S)N1CCOCC1)c1ccccc1F. The Morgan fingerprint density at radius 3 is 2.38 bits per heavy atom. The summed E-state index contributed by atoms with van der Waals surface area (Å²) in [6.45, 7) is 2.59. The fraction of sp³-hybridized carbons (Fsp3) is 0.222. The van der Waals surface area contributed by atoms with Crippen molar-refractivity contribution in [3.05, 3.63) is 65.5 Å². The first-order chi connectivity index (χ1) is 11.7. The normalized spacial score (nSPS) is 14.3. The van der Waals surface area contributed by atoms with Crippen molar-refractivity contribution in [3.63, 3.8) is 0 Å². The van der Waals surface area contributed by atoms with Gasteiger partial charge in [0.1, 0.15) is 16.6 Å². The second-order valence-corrected chi connectivity index (χ2v) is 5.66. The molecule has 6 heteroatoms. The summed E-state index contributed by atoms with van der Waals surface area (Å²) in [7, 11) is 0. The summed E-state index contributed by atoms with van der Waals surface area (Å²) >= 11 is 5.53. The summed E-state index contributed by atoms with van der Waals surface area (Å²) < 4.78 is 24.5. The zero-order valence-corrected chi connectivity index (χ0v) is 13.7. The number of benzene rings is 2. The van der Waals surface area contributed by atoms with Gasteiger partial charge in [-0.15, -0.1) is 0 Å². The molecule has 0 spiro atoms. The van der Waals surface area contributed by atoms with E-state index in [1.54, 1.807) is 24.3 Å². The third-order valence-corrected chi connectivity index (χ3v) is 4.19. The molecule has 24 heavy (non-hydrogen) atoms. The second-order valence-electron chi connectivity index (χ2n) is 5.27. The molecule has 0 bridgehead atoms. The molecule has 124 valence electrons. The van der Waals surface area contributed by atoms with Crippen LogP contribution in [-0.2, 0) is 4.74 Å². The Labute approximate surface area is 144 Å². The van der Waals surface area contributed by atoms with Crippen LogP contribution in [0.5, 0.6) is 5.75 Å². The number of ether oxygens (including phenoxy) is 2. The number of rotatable bonds is 3. The first kappa shape index (κ1) is 16.5. The number of hydrogen-bond donors (Lipinski definition) is 0. The number of thiocarbonyl (C=S) groups is 1. The van der Waals surface area contributed by atoms with Crippen molar-refractivity contribution < 1.29 is 18.7 Å². The first-order valence-electron chi connectivity index (χ1n) is 7.59. The Morgan fingerprint density at radius 2 is 1.67 bits per heavy atom. The van der Waals surface area contributed by atoms with Crippen molar-refractivity contribution in [1.29, 1.82) is 0 Å². The smallest absolute Gasteiger partial charge is 0.346 e. The highest BCUT2D eigenvalue weighted by Gasteiger charge is 2.20. The maximum Gasteiger partial charge on any atom is 0.346 e. The number of halogens is 1. The number of carbonyl (C=O) groups is 1. The van der Waals surface area contributed by atoms with Gasteiger partial charge in [-0.3, -0.25) is 0 Å². The molecular formula is C18H16FNO3S. The number of carbonyl (C=O) groups excluding carboxylic acids is 1. The van der Waals surface area contributed by atoms with Gasteiger partial charge in [0.15, 0.2) is 0 Å². The van der Waals surface area contributed by atoms with E-state index in [9.17, 15) is 9.18 Å². The fourth-order valence-electron chi connectivity index (χ4n) is 2.45. The number of para-hydroxylation sites is 1. The summed E-state index contributed by atoms with van der Waals surface area (Å²) in [6, 6.07) is 12.7. The minimum absolute atomic E-state index is 0.107. The first-order valence-corrected chi connectivity index (χ1v) is 8.00. The van der Waals surface area contributed by atoms with Gasteiger partial charge in [0.2, 0.25) is 0 Å². The fourth-order valence-corrected chi connectivity index (χ4v) is 2.80. The molecule has 1 saturated heterocycles. The Hall–Kier alpha value is -2.31. The standard InChI is InChI=1S/C18H16FNO3S/c19-15-7-3-1-5-13(15)18(21)23-16-8-4-2-6-14(16)17(24)20-9-11-22-12-10-20/h1-8H,9-12H2. The molecule has 1 heterocycles. The number of nitrogens with zero attached hydrogens (tertiary/aromatic N) is 1. The highest BCUT2D eigenvalue weighted by Crippen LogP contribution is 2.23. The van der Waals surface area contributed by atoms with E-state index in [1.807, 2.05) is 11.0 Å². The van der Waals surface area contributed by atoms with E-state index in [-0.39, 0.29) is 5.56 Å². The lowest BCUT2D eigenvalue weighted by Gasteiger charge is -2.29. The summed E-state index contributed by atoms with van der Waals surface area (Å²) in [5, 5.41) is 0. The molecule has 0 amide bonds. The van der Waals surface area contributed by atoms with Gasteiger partial charge >= 0.3 is 5.97 Å². The van der Waals surface area contributed by atoms with E-state index >= 15 is 0 Å². The molecule has 4 nitrogen and oxygen atoms in total. The number of morpholine rings is 1. The lowest BCUT2D eigenvalue weighted by molar-refractivity contribution is 0.0687. The topological polar surface area (TPSA) is 38.8 Å². The van der Waals surface area contributed by atoms with Crippen LogP contribution in [0.3, 0.4) is 0 Å². The van der Waals surface area contributed by atoms with E-state index in [0.717, 1.165) is 0 Å². The molecule has 2 aromatic rings. The van der Waals surface area contributed by atoms with Crippen LogP contribution in [0.15, 0.2) is 48.5 Å². The largest absolute Gasteiger partial charge is 0.422 e. The van der Waals surface area contributed by atoms with Crippen molar-refractivity contribution in [3.8, 4) is 5.75 Å². The number of hydrogen-bond acceptors (Lipinski definition) is 4. The minimum Gasteiger partial charge on any atom is -0.422 e. The summed E-state index contributed by atoms with van der Waals surface area (Å²) in [4.78, 5) is 14.8. The second kappa shape index (κ2) is 7.51. The Morgan fingerprint density at radius 1 is 1.04 bits per heavy atom. The van der Waals surface area contributed by atoms with E-state index in [2.05, 4.69) is 0 Å². The number of esters is 1. The average molecular weight is 345 g/mol. The molecule has 1 aliphatic rings. The van der Waals surface area contributed by atoms with Gasteiger partial charge in [-0.2, -0.15) is 0 Å². The van der Waals surface area contributed by atoms with Crippen LogP contribution in [-0.4, -0.2) is 42.2 Å². The zero-order valence-electron chi connectivity index (χ0n) is 12.9. The van der Waals surface area contributed by atoms with Crippen LogP contribution in [0.25, 0.3) is 0 Å². The van der Waals surface area contributed by atoms with Gasteiger partial charge in [-0.25, -0.2) is 9.18 Å². The molecule has 0 radical (unpaired) electrons. The quantitative estimate of drug-likeness (QED) is 0.486. The summed E-state index contributed by atoms with van der Waals surface area (Å²) in [5.41, 5.74) is 0.531. The Balaban J connectivity index is 1.83. The zero-order chi connectivity index (χ0) is 16.9. The van der Waals surface area contributed by atoms with Crippen LogP contribution in [0.4, 0.5) is 4.39 Å². The monoisotopic (exact) mass is 345 g/mol. The molecule has 1 aliphatic heterocycles. The highest BCUT2D eigenvalue weighted by atomic mass is 32.1.